The quantitative estimate of drug-likeness (QED) is 0.406. The highest BCUT2D eigenvalue weighted by Crippen LogP contribution is 2.56. The van der Waals surface area contributed by atoms with Gasteiger partial charge in [0.05, 0.1) is 14.2 Å². The molecule has 0 radical (unpaired) electrons. The molecule has 0 aromatic heterocycles. The summed E-state index contributed by atoms with van der Waals surface area (Å²) in [7, 11) is 3.14. The molecule has 0 spiro atoms. The van der Waals surface area contributed by atoms with Crippen LogP contribution < -0.4 is 14.4 Å². The Labute approximate surface area is 230 Å². The lowest BCUT2D eigenvalue weighted by molar-refractivity contribution is -0.119. The molecule has 5 nitrogen and oxygen atoms in total. The number of aryl methyl sites for hydroxylation is 1. The Morgan fingerprint density at radius 1 is 0.816 bits per heavy atom. The van der Waals surface area contributed by atoms with Gasteiger partial charge in [0.1, 0.15) is 0 Å². The zero-order chi connectivity index (χ0) is 27.6. The molecule has 2 aliphatic carbocycles. The standard InChI is InChI=1S/C32H36ClNO4/c1-18-9-8-10-19(11-18)34-22-14-31(2,3)16-24(35)29(22)28(30-23(34)15-32(4,5)17-25(30)36)20-12-26(37-6)27(38-7)13-21(20)33/h8-13,28H,14-17H2,1-7H3. The van der Waals surface area contributed by atoms with Crippen molar-refractivity contribution in [3.8, 4) is 11.5 Å². The van der Waals surface area contributed by atoms with E-state index in [0.717, 1.165) is 35.5 Å². The van der Waals surface area contributed by atoms with E-state index in [1.807, 2.05) is 12.1 Å². The average Bonchev–Trinajstić information content (AvgIpc) is 2.81. The first-order valence-corrected chi connectivity index (χ1v) is 13.5. The molecule has 0 bridgehead atoms. The summed E-state index contributed by atoms with van der Waals surface area (Å²) in [6.45, 7) is 10.6. The van der Waals surface area contributed by atoms with Crippen molar-refractivity contribution in [2.75, 3.05) is 19.1 Å². The molecule has 3 aliphatic rings. The van der Waals surface area contributed by atoms with Crippen LogP contribution in [-0.2, 0) is 9.59 Å². The van der Waals surface area contributed by atoms with E-state index in [1.54, 1.807) is 20.3 Å². The highest BCUT2D eigenvalue weighted by molar-refractivity contribution is 6.32. The van der Waals surface area contributed by atoms with Crippen LogP contribution in [0.1, 0.15) is 70.4 Å². The van der Waals surface area contributed by atoms with Gasteiger partial charge >= 0.3 is 0 Å². The lowest BCUT2D eigenvalue weighted by atomic mass is 9.63. The van der Waals surface area contributed by atoms with Crippen LogP contribution in [-0.4, -0.2) is 25.8 Å². The molecule has 0 saturated heterocycles. The van der Waals surface area contributed by atoms with Gasteiger partial charge in [-0.3, -0.25) is 9.59 Å². The van der Waals surface area contributed by atoms with E-state index in [1.165, 1.54) is 0 Å². The number of anilines is 1. The fourth-order valence-electron chi connectivity index (χ4n) is 6.45. The topological polar surface area (TPSA) is 55.8 Å². The maximum atomic E-state index is 14.1. The van der Waals surface area contributed by atoms with Crippen molar-refractivity contribution in [1.82, 2.24) is 0 Å². The zero-order valence-electron chi connectivity index (χ0n) is 23.3. The van der Waals surface area contributed by atoms with Crippen LogP contribution in [0.3, 0.4) is 0 Å². The van der Waals surface area contributed by atoms with Crippen molar-refractivity contribution in [2.24, 2.45) is 10.8 Å². The molecule has 1 aliphatic heterocycles. The highest BCUT2D eigenvalue weighted by atomic mass is 35.5. The van der Waals surface area contributed by atoms with Crippen LogP contribution in [0, 0.1) is 17.8 Å². The summed E-state index contributed by atoms with van der Waals surface area (Å²) in [5.41, 5.74) is 5.67. The van der Waals surface area contributed by atoms with Crippen LogP contribution in [0.5, 0.6) is 11.5 Å². The van der Waals surface area contributed by atoms with Crippen LogP contribution >= 0.6 is 11.6 Å². The number of methoxy groups -OCH3 is 2. The monoisotopic (exact) mass is 533 g/mol. The number of hydrogen-bond donors (Lipinski definition) is 0. The molecule has 0 atom stereocenters. The Balaban J connectivity index is 1.86. The highest BCUT2D eigenvalue weighted by Gasteiger charge is 2.49. The molecule has 0 unspecified atom stereocenters. The van der Waals surface area contributed by atoms with Gasteiger partial charge in [0.15, 0.2) is 23.1 Å². The van der Waals surface area contributed by atoms with Crippen LogP contribution in [0.4, 0.5) is 5.69 Å². The minimum atomic E-state index is -0.555. The molecule has 0 amide bonds. The Morgan fingerprint density at radius 3 is 1.84 bits per heavy atom. The number of halogens is 1. The first-order chi connectivity index (χ1) is 17.9. The molecule has 200 valence electrons. The van der Waals surface area contributed by atoms with E-state index in [4.69, 9.17) is 21.1 Å². The van der Waals surface area contributed by atoms with Gasteiger partial charge in [-0.2, -0.15) is 0 Å². The predicted molar refractivity (Wildman–Crippen MR) is 151 cm³/mol. The molecule has 38 heavy (non-hydrogen) atoms. The van der Waals surface area contributed by atoms with Crippen molar-refractivity contribution in [3.63, 3.8) is 0 Å². The number of rotatable bonds is 4. The number of allylic oxidation sites excluding steroid dienone is 4. The number of carbonyl (C=O) groups is 2. The van der Waals surface area contributed by atoms with Crippen molar-refractivity contribution < 1.29 is 19.1 Å². The maximum absolute atomic E-state index is 14.1. The predicted octanol–water partition coefficient (Wildman–Crippen LogP) is 7.56. The summed E-state index contributed by atoms with van der Waals surface area (Å²) in [6.07, 6.45) is 2.26. The first kappa shape index (κ1) is 26.6. The maximum Gasteiger partial charge on any atom is 0.162 e. The molecule has 6 heteroatoms. The van der Waals surface area contributed by atoms with Gasteiger partial charge in [-0.1, -0.05) is 51.4 Å². The van der Waals surface area contributed by atoms with Gasteiger partial charge in [-0.05, 0) is 59.9 Å². The summed E-state index contributed by atoms with van der Waals surface area (Å²) >= 11 is 6.90. The zero-order valence-corrected chi connectivity index (χ0v) is 24.1. The normalized spacial score (nSPS) is 20.9. The molecule has 1 heterocycles. The molecule has 5 rings (SSSR count). The second kappa shape index (κ2) is 9.30. The summed E-state index contributed by atoms with van der Waals surface area (Å²) in [6, 6.07) is 11.9. The van der Waals surface area contributed by atoms with Crippen LogP contribution in [0.25, 0.3) is 0 Å². The minimum Gasteiger partial charge on any atom is -0.493 e. The molecule has 0 N–H and O–H groups in total. The van der Waals surface area contributed by atoms with E-state index in [-0.39, 0.29) is 22.4 Å². The lowest BCUT2D eigenvalue weighted by Gasteiger charge is -2.49. The second-order valence-corrected chi connectivity index (χ2v) is 12.8. The number of nitrogens with zero attached hydrogens (tertiary/aromatic N) is 1. The number of benzene rings is 2. The third-order valence-corrected chi connectivity index (χ3v) is 8.31. The van der Waals surface area contributed by atoms with Gasteiger partial charge < -0.3 is 14.4 Å². The minimum absolute atomic E-state index is 0.0638. The van der Waals surface area contributed by atoms with Gasteiger partial charge in [0, 0.05) is 58.1 Å². The molecular weight excluding hydrogens is 498 g/mol. The SMILES string of the molecule is COc1cc(Cl)c(C2C3=C(CC(C)(C)CC3=O)N(c3cccc(C)c3)C3=C2C(=O)CC(C)(C)C3)cc1OC. The van der Waals surface area contributed by atoms with E-state index >= 15 is 0 Å². The van der Waals surface area contributed by atoms with Gasteiger partial charge in [0.25, 0.3) is 0 Å². The van der Waals surface area contributed by atoms with Crippen molar-refractivity contribution >= 4 is 28.9 Å². The van der Waals surface area contributed by atoms with E-state index < -0.39 is 5.92 Å². The number of ketones is 2. The largest absolute Gasteiger partial charge is 0.493 e. The Hall–Kier alpha value is -3.05. The average molecular weight is 534 g/mol. The summed E-state index contributed by atoms with van der Waals surface area (Å²) in [5, 5.41) is 0.450. The van der Waals surface area contributed by atoms with Gasteiger partial charge in [0.2, 0.25) is 0 Å². The van der Waals surface area contributed by atoms with Gasteiger partial charge in [-0.15, -0.1) is 0 Å². The van der Waals surface area contributed by atoms with Crippen molar-refractivity contribution in [1.29, 1.82) is 0 Å². The third kappa shape index (κ3) is 4.45. The molecule has 0 fully saturated rings. The van der Waals surface area contributed by atoms with E-state index in [2.05, 4.69) is 57.7 Å². The fourth-order valence-corrected chi connectivity index (χ4v) is 6.71. The summed E-state index contributed by atoms with van der Waals surface area (Å²) < 4.78 is 11.1. The fraction of sp³-hybridized carbons (Fsp3) is 0.438. The Morgan fingerprint density at radius 2 is 1.34 bits per heavy atom. The van der Waals surface area contributed by atoms with E-state index in [0.29, 0.717) is 46.1 Å². The first-order valence-electron chi connectivity index (χ1n) is 13.2. The number of Topliss-reactive ketones (excluding diaryl/α,β-unsaturated/α-hetero) is 2. The molecular formula is C32H36ClNO4. The number of ether oxygens (including phenoxy) is 2. The van der Waals surface area contributed by atoms with E-state index in [9.17, 15) is 9.59 Å². The second-order valence-electron chi connectivity index (χ2n) is 12.4. The molecule has 2 aromatic rings. The molecule has 0 saturated carbocycles. The Kier molecular flexibility index (Phi) is 6.50. The lowest BCUT2D eigenvalue weighted by Crippen LogP contribution is -2.44. The van der Waals surface area contributed by atoms with Gasteiger partial charge in [-0.25, -0.2) is 0 Å². The van der Waals surface area contributed by atoms with Crippen molar-refractivity contribution in [2.45, 2.75) is 66.2 Å². The third-order valence-electron chi connectivity index (χ3n) is 7.98. The number of hydrogen-bond acceptors (Lipinski definition) is 5. The molecule has 2 aromatic carbocycles. The van der Waals surface area contributed by atoms with Crippen molar-refractivity contribution in [3.05, 3.63) is 75.1 Å². The van der Waals surface area contributed by atoms with Crippen LogP contribution in [0.2, 0.25) is 5.02 Å². The summed E-state index contributed by atoms with van der Waals surface area (Å²) in [4.78, 5) is 30.3. The smallest absolute Gasteiger partial charge is 0.162 e. The Bertz CT molecular complexity index is 1360. The van der Waals surface area contributed by atoms with Crippen LogP contribution in [0.15, 0.2) is 58.9 Å². The summed E-state index contributed by atoms with van der Waals surface area (Å²) in [5.74, 6) is 0.599. The number of carbonyl (C=O) groups excluding carboxylic acids is 2.